The Balaban J connectivity index is 1.40. The zero-order chi connectivity index (χ0) is 18.1. The Kier molecular flexibility index (Phi) is 4.37. The molecule has 1 aliphatic rings. The minimum Gasteiger partial charge on any atom is -0.322 e. The molecule has 134 valence electrons. The van der Waals surface area contributed by atoms with Crippen LogP contribution in [0.15, 0.2) is 29.6 Å². The van der Waals surface area contributed by atoms with Gasteiger partial charge in [-0.05, 0) is 54.5 Å². The summed E-state index contributed by atoms with van der Waals surface area (Å²) in [6.07, 6.45) is 2.24. The first-order valence-corrected chi connectivity index (χ1v) is 9.29. The van der Waals surface area contributed by atoms with Gasteiger partial charge in [-0.15, -0.1) is 16.4 Å². The smallest absolute Gasteiger partial charge is 0.321 e. The van der Waals surface area contributed by atoms with Gasteiger partial charge in [0.05, 0.1) is 23.3 Å². The van der Waals surface area contributed by atoms with Gasteiger partial charge in [-0.3, -0.25) is 0 Å². The van der Waals surface area contributed by atoms with Gasteiger partial charge in [-0.25, -0.2) is 14.5 Å². The zero-order valence-electron chi connectivity index (χ0n) is 14.6. The summed E-state index contributed by atoms with van der Waals surface area (Å²) in [6.45, 7) is 2.43. The topological polar surface area (TPSA) is 88.8 Å². The number of hydrogen-bond donors (Lipinski definition) is 1. The molecule has 0 aliphatic heterocycles. The van der Waals surface area contributed by atoms with Crippen LogP contribution in [0.25, 0.3) is 11.4 Å². The number of benzene rings is 1. The number of tetrazole rings is 1. The van der Waals surface area contributed by atoms with Crippen molar-refractivity contribution in [2.45, 2.75) is 32.4 Å². The van der Waals surface area contributed by atoms with Crippen LogP contribution in [0.1, 0.15) is 29.6 Å². The summed E-state index contributed by atoms with van der Waals surface area (Å²) < 4.78 is 1.87. The molecular formula is C17H19N7OS. The van der Waals surface area contributed by atoms with E-state index in [0.717, 1.165) is 40.6 Å². The molecule has 0 bridgehead atoms. The van der Waals surface area contributed by atoms with E-state index in [2.05, 4.69) is 25.8 Å². The van der Waals surface area contributed by atoms with Crippen molar-refractivity contribution < 1.29 is 4.79 Å². The van der Waals surface area contributed by atoms with Gasteiger partial charge in [0.1, 0.15) is 0 Å². The monoisotopic (exact) mass is 369 g/mol. The van der Waals surface area contributed by atoms with Crippen LogP contribution in [0, 0.1) is 6.92 Å². The van der Waals surface area contributed by atoms with Crippen LogP contribution in [-0.4, -0.2) is 43.2 Å². The standard InChI is InChI=1S/C17H19N7OS/c1-11-18-14(10-26-11)9-23(2)17(25)19-13-5-3-12(4-6-13)16-20-21-22-24(16)15-7-8-15/h3-6,10,15H,7-9H2,1-2H3,(H,19,25). The van der Waals surface area contributed by atoms with Gasteiger partial charge in [0, 0.05) is 23.7 Å². The highest BCUT2D eigenvalue weighted by Crippen LogP contribution is 2.36. The first-order chi connectivity index (χ1) is 12.6. The SMILES string of the molecule is Cc1nc(CN(C)C(=O)Nc2ccc(-c3nnnn3C3CC3)cc2)cs1. The van der Waals surface area contributed by atoms with E-state index >= 15 is 0 Å². The van der Waals surface area contributed by atoms with Crippen molar-refractivity contribution in [2.24, 2.45) is 0 Å². The van der Waals surface area contributed by atoms with Crippen LogP contribution in [0.3, 0.4) is 0 Å². The Morgan fingerprint density at radius 2 is 2.12 bits per heavy atom. The third kappa shape index (κ3) is 3.57. The minimum absolute atomic E-state index is 0.175. The number of nitrogens with zero attached hydrogens (tertiary/aromatic N) is 6. The van der Waals surface area contributed by atoms with E-state index in [1.165, 1.54) is 0 Å². The van der Waals surface area contributed by atoms with Crippen molar-refractivity contribution in [3.8, 4) is 11.4 Å². The minimum atomic E-state index is -0.175. The molecule has 2 amide bonds. The van der Waals surface area contributed by atoms with E-state index in [1.807, 2.05) is 41.3 Å². The molecule has 0 saturated heterocycles. The molecule has 8 nitrogen and oxygen atoms in total. The molecular weight excluding hydrogens is 350 g/mol. The summed E-state index contributed by atoms with van der Waals surface area (Å²) in [5, 5.41) is 17.8. The van der Waals surface area contributed by atoms with Crippen molar-refractivity contribution in [1.29, 1.82) is 0 Å². The third-order valence-corrected chi connectivity index (χ3v) is 5.01. The van der Waals surface area contributed by atoms with Gasteiger partial charge in [0.15, 0.2) is 5.82 Å². The summed E-state index contributed by atoms with van der Waals surface area (Å²) in [5.74, 6) is 0.765. The molecule has 1 N–H and O–H groups in total. The first-order valence-electron chi connectivity index (χ1n) is 8.41. The molecule has 2 heterocycles. The summed E-state index contributed by atoms with van der Waals surface area (Å²) >= 11 is 1.58. The number of anilines is 1. The molecule has 0 radical (unpaired) electrons. The van der Waals surface area contributed by atoms with Gasteiger partial charge in [0.25, 0.3) is 0 Å². The first kappa shape index (κ1) is 16.6. The zero-order valence-corrected chi connectivity index (χ0v) is 15.4. The fraction of sp³-hybridized carbons (Fsp3) is 0.353. The molecule has 1 aliphatic carbocycles. The van der Waals surface area contributed by atoms with Gasteiger partial charge in [-0.1, -0.05) is 0 Å². The summed E-state index contributed by atoms with van der Waals surface area (Å²) in [6, 6.07) is 7.81. The highest BCUT2D eigenvalue weighted by atomic mass is 32.1. The van der Waals surface area contributed by atoms with Gasteiger partial charge in [-0.2, -0.15) is 0 Å². The quantitative estimate of drug-likeness (QED) is 0.746. The van der Waals surface area contributed by atoms with E-state index in [1.54, 1.807) is 23.3 Å². The van der Waals surface area contributed by atoms with E-state index in [4.69, 9.17) is 0 Å². The maximum absolute atomic E-state index is 12.3. The molecule has 4 rings (SSSR count). The second kappa shape index (κ2) is 6.83. The van der Waals surface area contributed by atoms with Crippen molar-refractivity contribution in [3.63, 3.8) is 0 Å². The van der Waals surface area contributed by atoms with Crippen LogP contribution in [0.5, 0.6) is 0 Å². The number of thiazole rings is 1. The second-order valence-electron chi connectivity index (χ2n) is 6.40. The van der Waals surface area contributed by atoms with Crippen LogP contribution in [-0.2, 0) is 6.54 Å². The molecule has 0 atom stereocenters. The van der Waals surface area contributed by atoms with E-state index in [9.17, 15) is 4.79 Å². The summed E-state index contributed by atoms with van der Waals surface area (Å²) in [5.41, 5.74) is 2.56. The van der Waals surface area contributed by atoms with Crippen LogP contribution in [0.4, 0.5) is 10.5 Å². The lowest BCUT2D eigenvalue weighted by Crippen LogP contribution is -2.30. The Hall–Kier alpha value is -2.81. The number of aromatic nitrogens is 5. The van der Waals surface area contributed by atoms with E-state index < -0.39 is 0 Å². The average Bonchev–Trinajstić information content (AvgIpc) is 3.22. The average molecular weight is 369 g/mol. The van der Waals surface area contributed by atoms with Crippen LogP contribution >= 0.6 is 11.3 Å². The normalized spacial score (nSPS) is 13.6. The third-order valence-electron chi connectivity index (χ3n) is 4.19. The van der Waals surface area contributed by atoms with E-state index in [-0.39, 0.29) is 6.03 Å². The highest BCUT2D eigenvalue weighted by molar-refractivity contribution is 7.09. The van der Waals surface area contributed by atoms with Crippen molar-refractivity contribution in [3.05, 3.63) is 40.3 Å². The molecule has 9 heteroatoms. The van der Waals surface area contributed by atoms with Crippen molar-refractivity contribution >= 4 is 23.1 Å². The fourth-order valence-corrected chi connectivity index (χ4v) is 3.27. The summed E-state index contributed by atoms with van der Waals surface area (Å²) in [4.78, 5) is 18.3. The molecule has 0 spiro atoms. The Morgan fingerprint density at radius 3 is 2.77 bits per heavy atom. The van der Waals surface area contributed by atoms with Crippen LogP contribution in [0.2, 0.25) is 0 Å². The van der Waals surface area contributed by atoms with Gasteiger partial charge in [0.2, 0.25) is 0 Å². The maximum atomic E-state index is 12.3. The number of carbonyl (C=O) groups excluding carboxylic acids is 1. The number of aryl methyl sites for hydroxylation is 1. The van der Waals surface area contributed by atoms with Crippen molar-refractivity contribution in [2.75, 3.05) is 12.4 Å². The lowest BCUT2D eigenvalue weighted by atomic mass is 10.2. The number of rotatable bonds is 5. The van der Waals surface area contributed by atoms with E-state index in [0.29, 0.717) is 12.6 Å². The molecule has 1 saturated carbocycles. The van der Waals surface area contributed by atoms with Crippen LogP contribution < -0.4 is 5.32 Å². The molecule has 2 aromatic heterocycles. The molecule has 1 fully saturated rings. The lowest BCUT2D eigenvalue weighted by molar-refractivity contribution is 0.220. The Morgan fingerprint density at radius 1 is 1.35 bits per heavy atom. The number of nitrogens with one attached hydrogen (secondary N) is 1. The largest absolute Gasteiger partial charge is 0.322 e. The highest BCUT2D eigenvalue weighted by Gasteiger charge is 2.28. The Labute approximate surface area is 154 Å². The number of amides is 2. The maximum Gasteiger partial charge on any atom is 0.321 e. The summed E-state index contributed by atoms with van der Waals surface area (Å²) in [7, 11) is 1.75. The number of hydrogen-bond acceptors (Lipinski definition) is 6. The fourth-order valence-electron chi connectivity index (χ4n) is 2.67. The Bertz CT molecular complexity index is 913. The van der Waals surface area contributed by atoms with Gasteiger partial charge >= 0.3 is 6.03 Å². The van der Waals surface area contributed by atoms with Gasteiger partial charge < -0.3 is 10.2 Å². The molecule has 3 aromatic rings. The molecule has 1 aromatic carbocycles. The number of carbonyl (C=O) groups is 1. The van der Waals surface area contributed by atoms with Crippen molar-refractivity contribution in [1.82, 2.24) is 30.1 Å². The second-order valence-corrected chi connectivity index (χ2v) is 7.46. The predicted molar refractivity (Wildman–Crippen MR) is 98.9 cm³/mol. The predicted octanol–water partition coefficient (Wildman–Crippen LogP) is 3.10. The molecule has 26 heavy (non-hydrogen) atoms. The number of urea groups is 1. The molecule has 0 unspecified atom stereocenters. The lowest BCUT2D eigenvalue weighted by Gasteiger charge is -2.17.